The molecule has 4 aromatic rings. The maximum absolute atomic E-state index is 12.5. The molecule has 0 aliphatic rings. The number of fused-ring (bicyclic) bond motifs is 1. The zero-order chi connectivity index (χ0) is 25.7. The molecule has 0 bridgehead atoms. The second-order valence-electron chi connectivity index (χ2n) is 8.70. The lowest BCUT2D eigenvalue weighted by Crippen LogP contribution is -2.27. The number of carboxylic acid groups (broad SMARTS) is 1. The SMILES string of the molecule is CN(C)CCCNC(=O)c1ccc(N=C(c2ccccc2)c2c(O)[nH]c3cc(C(=O)O)ccc23)cc1. The first kappa shape index (κ1) is 24.7. The zero-order valence-corrected chi connectivity index (χ0v) is 20.2. The van der Waals surface area contributed by atoms with Crippen LogP contribution >= 0.6 is 0 Å². The number of carbonyl (C=O) groups excluding carboxylic acids is 1. The van der Waals surface area contributed by atoms with E-state index in [0.717, 1.165) is 18.5 Å². The molecule has 0 saturated carbocycles. The Hall–Kier alpha value is -4.43. The summed E-state index contributed by atoms with van der Waals surface area (Å²) in [5.41, 5.74) is 3.51. The van der Waals surface area contributed by atoms with Gasteiger partial charge in [0.1, 0.15) is 0 Å². The van der Waals surface area contributed by atoms with E-state index in [1.54, 1.807) is 30.3 Å². The minimum atomic E-state index is -1.05. The summed E-state index contributed by atoms with van der Waals surface area (Å²) < 4.78 is 0. The predicted octanol–water partition coefficient (Wildman–Crippen LogP) is 4.42. The number of amides is 1. The van der Waals surface area contributed by atoms with E-state index in [1.807, 2.05) is 44.4 Å². The van der Waals surface area contributed by atoms with Gasteiger partial charge >= 0.3 is 5.97 Å². The predicted molar refractivity (Wildman–Crippen MR) is 141 cm³/mol. The van der Waals surface area contributed by atoms with Gasteiger partial charge in [-0.3, -0.25) is 4.79 Å². The number of nitrogens with zero attached hydrogens (tertiary/aromatic N) is 2. The summed E-state index contributed by atoms with van der Waals surface area (Å²) in [6.07, 6.45) is 0.865. The molecule has 0 fully saturated rings. The van der Waals surface area contributed by atoms with Crippen LogP contribution < -0.4 is 5.32 Å². The van der Waals surface area contributed by atoms with Crippen LogP contribution in [0.15, 0.2) is 77.8 Å². The van der Waals surface area contributed by atoms with Gasteiger partial charge < -0.3 is 25.4 Å². The summed E-state index contributed by atoms with van der Waals surface area (Å²) in [5.74, 6) is -1.30. The van der Waals surface area contributed by atoms with E-state index in [0.29, 0.717) is 40.0 Å². The molecule has 0 spiro atoms. The molecule has 36 heavy (non-hydrogen) atoms. The average molecular weight is 485 g/mol. The van der Waals surface area contributed by atoms with Gasteiger partial charge in [-0.05, 0) is 63.5 Å². The van der Waals surface area contributed by atoms with Gasteiger partial charge in [0.05, 0.1) is 22.5 Å². The number of carboxylic acids is 1. The van der Waals surface area contributed by atoms with E-state index < -0.39 is 5.97 Å². The summed E-state index contributed by atoms with van der Waals surface area (Å²) in [4.78, 5) is 33.6. The zero-order valence-electron chi connectivity index (χ0n) is 20.2. The molecule has 4 rings (SSSR count). The highest BCUT2D eigenvalue weighted by atomic mass is 16.4. The molecule has 8 nitrogen and oxygen atoms in total. The molecular formula is C28H28N4O4. The van der Waals surface area contributed by atoms with Crippen LogP contribution in [0.2, 0.25) is 0 Å². The Balaban J connectivity index is 1.67. The van der Waals surface area contributed by atoms with E-state index in [-0.39, 0.29) is 17.4 Å². The lowest BCUT2D eigenvalue weighted by atomic mass is 10.00. The number of H-pyrrole nitrogens is 1. The largest absolute Gasteiger partial charge is 0.494 e. The van der Waals surface area contributed by atoms with Crippen molar-refractivity contribution in [2.75, 3.05) is 27.2 Å². The van der Waals surface area contributed by atoms with Crippen LogP contribution in [0.3, 0.4) is 0 Å². The smallest absolute Gasteiger partial charge is 0.335 e. The lowest BCUT2D eigenvalue weighted by molar-refractivity contribution is 0.0696. The number of hydrogen-bond donors (Lipinski definition) is 4. The van der Waals surface area contributed by atoms with E-state index in [4.69, 9.17) is 4.99 Å². The Morgan fingerprint density at radius 2 is 1.64 bits per heavy atom. The Morgan fingerprint density at radius 1 is 0.944 bits per heavy atom. The van der Waals surface area contributed by atoms with Crippen LogP contribution in [-0.4, -0.2) is 64.9 Å². The molecule has 0 radical (unpaired) electrons. The molecule has 0 aliphatic carbocycles. The van der Waals surface area contributed by atoms with Crippen molar-refractivity contribution in [3.05, 3.63) is 95.1 Å². The van der Waals surface area contributed by atoms with Crippen molar-refractivity contribution in [2.24, 2.45) is 4.99 Å². The number of aromatic amines is 1. The van der Waals surface area contributed by atoms with Gasteiger partial charge in [0.2, 0.25) is 0 Å². The monoisotopic (exact) mass is 484 g/mol. The van der Waals surface area contributed by atoms with Crippen molar-refractivity contribution in [3.8, 4) is 5.88 Å². The van der Waals surface area contributed by atoms with Gasteiger partial charge in [0, 0.05) is 28.6 Å². The standard InChI is InChI=1S/C28H28N4O4/c1-32(2)16-6-15-29-26(33)19-9-12-21(13-10-19)30-25(18-7-4-3-5-8-18)24-22-14-11-20(28(35)36)17-23(22)31-27(24)34/h3-5,7-14,17,31,34H,6,15-16H2,1-2H3,(H,29,33)(H,35,36). The molecule has 1 amide bonds. The maximum Gasteiger partial charge on any atom is 0.335 e. The van der Waals surface area contributed by atoms with Gasteiger partial charge in [-0.2, -0.15) is 0 Å². The molecule has 3 aromatic carbocycles. The fourth-order valence-electron chi connectivity index (χ4n) is 3.93. The highest BCUT2D eigenvalue weighted by molar-refractivity contribution is 6.22. The van der Waals surface area contributed by atoms with Crippen molar-refractivity contribution < 1.29 is 19.8 Å². The molecular weight excluding hydrogens is 456 g/mol. The van der Waals surface area contributed by atoms with Crippen molar-refractivity contribution in [1.29, 1.82) is 0 Å². The van der Waals surface area contributed by atoms with Crippen LogP contribution in [0, 0.1) is 0 Å². The average Bonchev–Trinajstić information content (AvgIpc) is 3.20. The summed E-state index contributed by atoms with van der Waals surface area (Å²) in [7, 11) is 3.99. The van der Waals surface area contributed by atoms with Gasteiger partial charge in [0.15, 0.2) is 5.88 Å². The van der Waals surface area contributed by atoms with Crippen molar-refractivity contribution in [2.45, 2.75) is 6.42 Å². The second kappa shape index (κ2) is 10.9. The highest BCUT2D eigenvalue weighted by Crippen LogP contribution is 2.32. The minimum Gasteiger partial charge on any atom is -0.494 e. The third-order valence-electron chi connectivity index (χ3n) is 5.75. The number of carbonyl (C=O) groups is 2. The Labute approximate surface area is 208 Å². The van der Waals surface area contributed by atoms with Crippen LogP contribution in [0.4, 0.5) is 5.69 Å². The number of hydrogen-bond acceptors (Lipinski definition) is 5. The third kappa shape index (κ3) is 5.61. The maximum atomic E-state index is 12.5. The number of aromatic nitrogens is 1. The van der Waals surface area contributed by atoms with Crippen molar-refractivity contribution in [1.82, 2.24) is 15.2 Å². The summed E-state index contributed by atoms with van der Waals surface area (Å²) in [5, 5.41) is 23.7. The fraction of sp³-hybridized carbons (Fsp3) is 0.179. The summed E-state index contributed by atoms with van der Waals surface area (Å²) in [6, 6.07) is 21.0. The van der Waals surface area contributed by atoms with Crippen LogP contribution in [0.1, 0.15) is 38.3 Å². The summed E-state index contributed by atoms with van der Waals surface area (Å²) in [6.45, 7) is 1.49. The fourth-order valence-corrected chi connectivity index (χ4v) is 3.93. The molecule has 184 valence electrons. The van der Waals surface area contributed by atoms with Gasteiger partial charge in [-0.15, -0.1) is 0 Å². The van der Waals surface area contributed by atoms with E-state index in [1.165, 1.54) is 12.1 Å². The van der Waals surface area contributed by atoms with E-state index in [2.05, 4.69) is 15.2 Å². The third-order valence-corrected chi connectivity index (χ3v) is 5.75. The van der Waals surface area contributed by atoms with Gasteiger partial charge in [-0.1, -0.05) is 36.4 Å². The minimum absolute atomic E-state index is 0.108. The first-order valence-corrected chi connectivity index (χ1v) is 11.6. The molecule has 1 heterocycles. The molecule has 0 unspecified atom stereocenters. The quantitative estimate of drug-likeness (QED) is 0.207. The summed E-state index contributed by atoms with van der Waals surface area (Å²) >= 11 is 0. The topological polar surface area (TPSA) is 118 Å². The number of rotatable bonds is 9. The molecule has 0 aliphatic heterocycles. The molecule has 1 aromatic heterocycles. The Kier molecular flexibility index (Phi) is 7.46. The Bertz CT molecular complexity index is 1410. The number of aromatic hydroxyl groups is 1. The second-order valence-corrected chi connectivity index (χ2v) is 8.70. The lowest BCUT2D eigenvalue weighted by Gasteiger charge is -2.10. The molecule has 4 N–H and O–H groups in total. The number of aromatic carboxylic acids is 1. The number of benzene rings is 3. The molecule has 0 saturated heterocycles. The Morgan fingerprint density at radius 3 is 2.31 bits per heavy atom. The van der Waals surface area contributed by atoms with Crippen LogP contribution in [0.25, 0.3) is 10.9 Å². The first-order chi connectivity index (χ1) is 17.3. The highest BCUT2D eigenvalue weighted by Gasteiger charge is 2.19. The van der Waals surface area contributed by atoms with Gasteiger partial charge in [-0.25, -0.2) is 9.79 Å². The van der Waals surface area contributed by atoms with Crippen molar-refractivity contribution in [3.63, 3.8) is 0 Å². The molecule has 0 atom stereocenters. The van der Waals surface area contributed by atoms with Crippen molar-refractivity contribution >= 4 is 34.2 Å². The van der Waals surface area contributed by atoms with Gasteiger partial charge in [0.25, 0.3) is 5.91 Å². The first-order valence-electron chi connectivity index (χ1n) is 11.6. The van der Waals surface area contributed by atoms with Crippen LogP contribution in [0.5, 0.6) is 5.88 Å². The van der Waals surface area contributed by atoms with E-state index >= 15 is 0 Å². The molecule has 8 heteroatoms. The number of aliphatic imine (C=N–C) groups is 1. The van der Waals surface area contributed by atoms with Crippen LogP contribution in [-0.2, 0) is 0 Å². The van der Waals surface area contributed by atoms with E-state index in [9.17, 15) is 19.8 Å². The normalized spacial score (nSPS) is 11.7. The number of nitrogens with one attached hydrogen (secondary N) is 2.